The molecule has 168 valence electrons. The molecule has 5 rings (SSSR count). The highest BCUT2D eigenvalue weighted by Gasteiger charge is 2.23. The smallest absolute Gasteiger partial charge is 0.235 e. The summed E-state index contributed by atoms with van der Waals surface area (Å²) in [4.78, 5) is 15.2. The van der Waals surface area contributed by atoms with E-state index in [0.717, 1.165) is 24.1 Å². The van der Waals surface area contributed by atoms with Crippen LogP contribution in [0.2, 0.25) is 0 Å². The van der Waals surface area contributed by atoms with Crippen LogP contribution in [0.25, 0.3) is 11.0 Å². The molecule has 4 aromatic rings. The minimum absolute atomic E-state index is 0.109. The number of rotatable bonds is 6. The molecule has 0 unspecified atom stereocenters. The second-order valence-corrected chi connectivity index (χ2v) is 7.83. The highest BCUT2D eigenvalue weighted by molar-refractivity contribution is 5.83. The van der Waals surface area contributed by atoms with Crippen molar-refractivity contribution in [1.82, 2.24) is 4.90 Å². The lowest BCUT2D eigenvalue weighted by atomic mass is 10.1. The third-order valence-corrected chi connectivity index (χ3v) is 5.67. The lowest BCUT2D eigenvalue weighted by Gasteiger charge is -2.29. The van der Waals surface area contributed by atoms with Crippen molar-refractivity contribution in [2.75, 3.05) is 20.4 Å². The molecule has 0 atom stereocenters. The van der Waals surface area contributed by atoms with E-state index in [4.69, 9.17) is 18.6 Å². The van der Waals surface area contributed by atoms with Crippen LogP contribution in [0, 0.1) is 5.82 Å². The lowest BCUT2D eigenvalue weighted by Crippen LogP contribution is -2.33. The molecule has 0 fully saturated rings. The van der Waals surface area contributed by atoms with Crippen LogP contribution < -0.4 is 19.6 Å². The van der Waals surface area contributed by atoms with Crippen molar-refractivity contribution in [3.63, 3.8) is 0 Å². The molecular weight excluding hydrogens is 425 g/mol. The molecule has 33 heavy (non-hydrogen) atoms. The van der Waals surface area contributed by atoms with Gasteiger partial charge in [0.15, 0.2) is 0 Å². The fourth-order valence-electron chi connectivity index (χ4n) is 3.86. The zero-order valence-electron chi connectivity index (χ0n) is 18.0. The number of fused-ring (bicyclic) bond motifs is 3. The third-order valence-electron chi connectivity index (χ3n) is 5.67. The Morgan fingerprint density at radius 1 is 1.00 bits per heavy atom. The Hall–Kier alpha value is -3.84. The number of hydrogen-bond donors (Lipinski definition) is 0. The van der Waals surface area contributed by atoms with E-state index >= 15 is 0 Å². The van der Waals surface area contributed by atoms with Gasteiger partial charge < -0.3 is 18.6 Å². The maximum absolute atomic E-state index is 13.1. The van der Waals surface area contributed by atoms with Gasteiger partial charge in [0, 0.05) is 13.1 Å². The molecule has 6 nitrogen and oxygen atoms in total. The average Bonchev–Trinajstić information content (AvgIpc) is 2.85. The summed E-state index contributed by atoms with van der Waals surface area (Å²) in [6.07, 6.45) is 2.10. The molecule has 0 saturated carbocycles. The van der Waals surface area contributed by atoms with E-state index in [1.54, 1.807) is 55.6 Å². The number of methoxy groups -OCH3 is 1. The SMILES string of the molecule is COc1ccc(Oc2coc3c4c(ccc3c2=O)OCN(CCc2ccc(F)cc2)C4)cc1. The van der Waals surface area contributed by atoms with Crippen molar-refractivity contribution in [2.45, 2.75) is 13.0 Å². The molecule has 0 spiro atoms. The highest BCUT2D eigenvalue weighted by Crippen LogP contribution is 2.33. The molecule has 2 heterocycles. The number of hydrogen-bond acceptors (Lipinski definition) is 6. The van der Waals surface area contributed by atoms with Crippen molar-refractivity contribution in [3.05, 3.63) is 94.1 Å². The largest absolute Gasteiger partial charge is 0.497 e. The van der Waals surface area contributed by atoms with E-state index in [0.29, 0.717) is 41.5 Å². The first-order valence-corrected chi connectivity index (χ1v) is 10.6. The summed E-state index contributed by atoms with van der Waals surface area (Å²) >= 11 is 0. The molecule has 0 amide bonds. The van der Waals surface area contributed by atoms with E-state index in [2.05, 4.69) is 4.90 Å². The van der Waals surface area contributed by atoms with Crippen LogP contribution in [0.5, 0.6) is 23.0 Å². The molecule has 0 aliphatic carbocycles. The summed E-state index contributed by atoms with van der Waals surface area (Å²) in [5.74, 6) is 1.77. The summed E-state index contributed by atoms with van der Waals surface area (Å²) < 4.78 is 35.8. The summed E-state index contributed by atoms with van der Waals surface area (Å²) in [7, 11) is 1.59. The van der Waals surface area contributed by atoms with Crippen LogP contribution in [-0.4, -0.2) is 25.3 Å². The Morgan fingerprint density at radius 3 is 2.52 bits per heavy atom. The summed E-state index contributed by atoms with van der Waals surface area (Å²) in [5, 5.41) is 0.434. The normalized spacial score (nSPS) is 13.4. The topological polar surface area (TPSA) is 61.1 Å². The molecule has 0 radical (unpaired) electrons. The fourth-order valence-corrected chi connectivity index (χ4v) is 3.86. The van der Waals surface area contributed by atoms with Crippen LogP contribution in [0.15, 0.2) is 76.1 Å². The quantitative estimate of drug-likeness (QED) is 0.409. The first kappa shape index (κ1) is 21.0. The second-order valence-electron chi connectivity index (χ2n) is 7.83. The minimum Gasteiger partial charge on any atom is -0.497 e. The molecule has 1 aliphatic rings. The van der Waals surface area contributed by atoms with E-state index in [-0.39, 0.29) is 17.0 Å². The van der Waals surface area contributed by atoms with Gasteiger partial charge in [-0.3, -0.25) is 9.69 Å². The average molecular weight is 447 g/mol. The summed E-state index contributed by atoms with van der Waals surface area (Å²) in [6, 6.07) is 17.0. The Morgan fingerprint density at radius 2 is 1.76 bits per heavy atom. The zero-order chi connectivity index (χ0) is 22.8. The van der Waals surface area contributed by atoms with Gasteiger partial charge in [0.2, 0.25) is 11.2 Å². The Kier molecular flexibility index (Phi) is 5.71. The third kappa shape index (κ3) is 4.40. The van der Waals surface area contributed by atoms with Gasteiger partial charge in [0.1, 0.15) is 41.6 Å². The number of benzene rings is 3. The van der Waals surface area contributed by atoms with Gasteiger partial charge >= 0.3 is 0 Å². The van der Waals surface area contributed by atoms with Gasteiger partial charge in [-0.25, -0.2) is 4.39 Å². The molecule has 0 bridgehead atoms. The molecular formula is C26H22FNO5. The Balaban J connectivity index is 1.37. The molecule has 3 aromatic carbocycles. The summed E-state index contributed by atoms with van der Waals surface area (Å²) in [5.41, 5.74) is 2.11. The van der Waals surface area contributed by atoms with Crippen LogP contribution in [0.4, 0.5) is 4.39 Å². The standard InChI is InChI=1S/C26H22FNO5/c1-30-19-6-8-20(9-7-19)33-24-15-31-26-21(25(24)29)10-11-23-22(26)14-28(16-32-23)13-12-17-2-4-18(27)5-3-17/h2-11,15H,12-14,16H2,1H3. The van der Waals surface area contributed by atoms with Crippen molar-refractivity contribution in [3.8, 4) is 23.0 Å². The zero-order valence-corrected chi connectivity index (χ0v) is 18.0. The lowest BCUT2D eigenvalue weighted by molar-refractivity contribution is 0.0968. The molecule has 1 aromatic heterocycles. The predicted molar refractivity (Wildman–Crippen MR) is 122 cm³/mol. The van der Waals surface area contributed by atoms with Gasteiger partial charge in [-0.05, 0) is 60.5 Å². The van der Waals surface area contributed by atoms with E-state index in [9.17, 15) is 9.18 Å². The van der Waals surface area contributed by atoms with Gasteiger partial charge in [-0.1, -0.05) is 12.1 Å². The molecule has 0 N–H and O–H groups in total. The van der Waals surface area contributed by atoms with Crippen LogP contribution in [-0.2, 0) is 13.0 Å². The Bertz CT molecular complexity index is 1330. The maximum atomic E-state index is 13.1. The van der Waals surface area contributed by atoms with Gasteiger partial charge in [-0.15, -0.1) is 0 Å². The maximum Gasteiger partial charge on any atom is 0.235 e. The van der Waals surface area contributed by atoms with Crippen LogP contribution >= 0.6 is 0 Å². The molecule has 7 heteroatoms. The first-order valence-electron chi connectivity index (χ1n) is 10.6. The van der Waals surface area contributed by atoms with Crippen molar-refractivity contribution in [2.24, 2.45) is 0 Å². The number of halogens is 1. The van der Waals surface area contributed by atoms with Crippen molar-refractivity contribution < 1.29 is 23.0 Å². The second kappa shape index (κ2) is 8.96. The van der Waals surface area contributed by atoms with Gasteiger partial charge in [0.25, 0.3) is 0 Å². The number of nitrogens with zero attached hydrogens (tertiary/aromatic N) is 1. The van der Waals surface area contributed by atoms with Crippen LogP contribution in [0.1, 0.15) is 11.1 Å². The Labute approximate surface area is 189 Å². The summed E-state index contributed by atoms with van der Waals surface area (Å²) in [6.45, 7) is 1.74. The van der Waals surface area contributed by atoms with Crippen molar-refractivity contribution >= 4 is 11.0 Å². The van der Waals surface area contributed by atoms with Gasteiger partial charge in [-0.2, -0.15) is 0 Å². The van der Waals surface area contributed by atoms with E-state index < -0.39 is 0 Å². The van der Waals surface area contributed by atoms with Crippen molar-refractivity contribution in [1.29, 1.82) is 0 Å². The van der Waals surface area contributed by atoms with E-state index in [1.165, 1.54) is 18.4 Å². The molecule has 0 saturated heterocycles. The number of ether oxygens (including phenoxy) is 3. The van der Waals surface area contributed by atoms with E-state index in [1.807, 2.05) is 0 Å². The van der Waals surface area contributed by atoms with Gasteiger partial charge in [0.05, 0.1) is 18.1 Å². The fraction of sp³-hybridized carbons (Fsp3) is 0.192. The van der Waals surface area contributed by atoms with Crippen LogP contribution in [0.3, 0.4) is 0 Å². The monoisotopic (exact) mass is 447 g/mol. The first-order chi connectivity index (χ1) is 16.1. The predicted octanol–water partition coefficient (Wildman–Crippen LogP) is 5.13. The molecule has 1 aliphatic heterocycles. The highest BCUT2D eigenvalue weighted by atomic mass is 19.1. The minimum atomic E-state index is -0.252.